The van der Waals surface area contributed by atoms with Crippen molar-refractivity contribution in [1.82, 2.24) is 24.3 Å². The number of benzene rings is 1. The third-order valence-electron chi connectivity index (χ3n) is 4.46. The number of rotatable bonds is 4. The van der Waals surface area contributed by atoms with Gasteiger partial charge in [0.15, 0.2) is 5.13 Å². The lowest BCUT2D eigenvalue weighted by Crippen LogP contribution is -2.13. The summed E-state index contributed by atoms with van der Waals surface area (Å²) < 4.78 is 20.7. The van der Waals surface area contributed by atoms with Gasteiger partial charge in [0.1, 0.15) is 23.5 Å². The van der Waals surface area contributed by atoms with Crippen molar-refractivity contribution >= 4 is 28.3 Å². The highest BCUT2D eigenvalue weighted by Crippen LogP contribution is 2.33. The number of halogens is 1. The predicted octanol–water partition coefficient (Wildman–Crippen LogP) is 4.72. The molecule has 0 aliphatic rings. The van der Waals surface area contributed by atoms with Crippen LogP contribution in [0.4, 0.5) is 15.5 Å². The Morgan fingerprint density at radius 1 is 1.10 bits per heavy atom. The highest BCUT2D eigenvalue weighted by molar-refractivity contribution is 7.13. The minimum atomic E-state index is -0.303. The van der Waals surface area contributed by atoms with Crippen LogP contribution in [0.15, 0.2) is 58.8 Å². The van der Waals surface area contributed by atoms with Crippen LogP contribution in [-0.4, -0.2) is 31.4 Å². The van der Waals surface area contributed by atoms with Crippen molar-refractivity contribution in [2.24, 2.45) is 0 Å². The van der Waals surface area contributed by atoms with Crippen LogP contribution in [0.5, 0.6) is 0 Å². The van der Waals surface area contributed by atoms with Crippen molar-refractivity contribution in [3.8, 4) is 22.6 Å². The molecule has 0 spiro atoms. The van der Waals surface area contributed by atoms with E-state index in [1.54, 1.807) is 30.8 Å². The Bertz CT molecular complexity index is 1310. The van der Waals surface area contributed by atoms with Gasteiger partial charge in [0.05, 0.1) is 11.4 Å². The van der Waals surface area contributed by atoms with Gasteiger partial charge in [-0.05, 0) is 37.3 Å². The molecule has 0 aliphatic carbocycles. The Hall–Kier alpha value is -3.59. The topological polar surface area (TPSA) is 72.4 Å². The molecule has 0 bridgehead atoms. The van der Waals surface area contributed by atoms with E-state index in [0.29, 0.717) is 23.2 Å². The number of hydrogen-bond donors (Lipinski definition) is 0. The third kappa shape index (κ3) is 3.05. The smallest absolute Gasteiger partial charge is 0.306 e. The molecule has 5 aromatic rings. The summed E-state index contributed by atoms with van der Waals surface area (Å²) in [6, 6.07) is 8.00. The van der Waals surface area contributed by atoms with Gasteiger partial charge in [-0.2, -0.15) is 4.98 Å². The monoisotopic (exact) mass is 406 g/mol. The van der Waals surface area contributed by atoms with Gasteiger partial charge < -0.3 is 4.42 Å². The van der Waals surface area contributed by atoms with E-state index in [2.05, 4.69) is 15.0 Å². The zero-order valence-electron chi connectivity index (χ0n) is 15.6. The highest BCUT2D eigenvalue weighted by Gasteiger charge is 2.20. The number of imidazole rings is 1. The predicted molar refractivity (Wildman–Crippen MR) is 109 cm³/mol. The number of hydrogen-bond acceptors (Lipinski definition) is 7. The first-order chi connectivity index (χ1) is 14.1. The Kier molecular flexibility index (Phi) is 4.09. The maximum absolute atomic E-state index is 13.4. The molecule has 4 heterocycles. The molecule has 4 aromatic heterocycles. The molecule has 5 rings (SSSR count). The second kappa shape index (κ2) is 6.78. The third-order valence-corrected chi connectivity index (χ3v) is 5.49. The number of thiazole rings is 1. The van der Waals surface area contributed by atoms with Crippen LogP contribution in [0.25, 0.3) is 28.5 Å². The highest BCUT2D eigenvalue weighted by atomic mass is 32.1. The minimum absolute atomic E-state index is 0.303. The molecular weight excluding hydrogens is 391 g/mol. The molecule has 0 amide bonds. The Labute approximate surface area is 169 Å². The summed E-state index contributed by atoms with van der Waals surface area (Å²) in [5.74, 6) is 0.645. The molecule has 9 heteroatoms. The zero-order valence-corrected chi connectivity index (χ0v) is 16.4. The molecule has 0 atom stereocenters. The van der Waals surface area contributed by atoms with E-state index in [1.165, 1.54) is 23.5 Å². The Morgan fingerprint density at radius 3 is 2.69 bits per heavy atom. The van der Waals surface area contributed by atoms with Crippen molar-refractivity contribution in [3.05, 3.63) is 65.9 Å². The van der Waals surface area contributed by atoms with Crippen LogP contribution in [0.3, 0.4) is 0 Å². The molecule has 0 saturated heterocycles. The van der Waals surface area contributed by atoms with E-state index in [1.807, 2.05) is 34.7 Å². The summed E-state index contributed by atoms with van der Waals surface area (Å²) in [7, 11) is 1.88. The summed E-state index contributed by atoms with van der Waals surface area (Å²) in [5, 5.41) is 2.79. The van der Waals surface area contributed by atoms with Gasteiger partial charge in [-0.3, -0.25) is 9.30 Å². The second-order valence-corrected chi connectivity index (χ2v) is 7.28. The Balaban J connectivity index is 1.65. The SMILES string of the molecule is Cc1csc(N(C)c2nccc(-c3c(-c4ccc(F)cc4)nc4occn34)n2)n1. The molecule has 1 aromatic carbocycles. The van der Waals surface area contributed by atoms with Gasteiger partial charge >= 0.3 is 5.84 Å². The molecule has 0 aliphatic heterocycles. The number of aryl methyl sites for hydroxylation is 1. The average molecular weight is 406 g/mol. The van der Waals surface area contributed by atoms with Gasteiger partial charge in [0.2, 0.25) is 5.95 Å². The van der Waals surface area contributed by atoms with Crippen LogP contribution >= 0.6 is 11.3 Å². The molecular formula is C20H15FN6OS. The maximum Gasteiger partial charge on any atom is 0.306 e. The van der Waals surface area contributed by atoms with E-state index in [-0.39, 0.29) is 5.82 Å². The molecule has 0 N–H and O–H groups in total. The van der Waals surface area contributed by atoms with Gasteiger partial charge in [0, 0.05) is 30.4 Å². The summed E-state index contributed by atoms with van der Waals surface area (Å²) in [5.41, 5.74) is 3.78. The number of nitrogens with zero attached hydrogens (tertiary/aromatic N) is 6. The zero-order chi connectivity index (χ0) is 20.0. The van der Waals surface area contributed by atoms with Crippen LogP contribution in [-0.2, 0) is 0 Å². The summed E-state index contributed by atoms with van der Waals surface area (Å²) in [6.45, 7) is 1.95. The standard InChI is InChI=1S/C20H15FN6OS/c1-12-11-29-20(23-12)26(2)18-22-8-7-15(24-18)17-16(13-3-5-14(21)6-4-13)25-19-27(17)9-10-28-19/h3-11H,1-2H3. The van der Waals surface area contributed by atoms with Crippen molar-refractivity contribution in [3.63, 3.8) is 0 Å². The van der Waals surface area contributed by atoms with E-state index in [4.69, 9.17) is 9.40 Å². The first kappa shape index (κ1) is 17.5. The maximum atomic E-state index is 13.4. The van der Waals surface area contributed by atoms with Gasteiger partial charge in [-0.15, -0.1) is 11.3 Å². The summed E-state index contributed by atoms with van der Waals surface area (Å²) in [4.78, 5) is 20.0. The average Bonchev–Trinajstić information content (AvgIpc) is 3.44. The Morgan fingerprint density at radius 2 is 1.93 bits per heavy atom. The fourth-order valence-electron chi connectivity index (χ4n) is 3.06. The van der Waals surface area contributed by atoms with E-state index in [0.717, 1.165) is 22.1 Å². The van der Waals surface area contributed by atoms with Crippen molar-refractivity contribution < 1.29 is 8.81 Å². The molecule has 144 valence electrons. The molecule has 0 unspecified atom stereocenters. The lowest BCUT2D eigenvalue weighted by molar-refractivity contribution is 0.596. The largest absolute Gasteiger partial charge is 0.432 e. The minimum Gasteiger partial charge on any atom is -0.432 e. The summed E-state index contributed by atoms with van der Waals surface area (Å²) in [6.07, 6.45) is 5.04. The quantitative estimate of drug-likeness (QED) is 0.430. The van der Waals surface area contributed by atoms with Crippen molar-refractivity contribution in [2.45, 2.75) is 6.92 Å². The van der Waals surface area contributed by atoms with Gasteiger partial charge in [-0.1, -0.05) is 0 Å². The van der Waals surface area contributed by atoms with E-state index >= 15 is 0 Å². The molecule has 0 radical (unpaired) electrons. The molecule has 0 saturated carbocycles. The van der Waals surface area contributed by atoms with Crippen molar-refractivity contribution in [1.29, 1.82) is 0 Å². The molecule has 0 fully saturated rings. The molecule has 29 heavy (non-hydrogen) atoms. The second-order valence-electron chi connectivity index (χ2n) is 6.44. The fourth-order valence-corrected chi connectivity index (χ4v) is 3.83. The van der Waals surface area contributed by atoms with Crippen LogP contribution in [0.1, 0.15) is 5.69 Å². The lowest BCUT2D eigenvalue weighted by Gasteiger charge is -2.14. The van der Waals surface area contributed by atoms with Crippen molar-refractivity contribution in [2.75, 3.05) is 11.9 Å². The molecule has 7 nitrogen and oxygen atoms in total. The van der Waals surface area contributed by atoms with Gasteiger partial charge in [0.25, 0.3) is 0 Å². The number of aromatic nitrogens is 5. The normalized spacial score (nSPS) is 11.3. The fraction of sp³-hybridized carbons (Fsp3) is 0.100. The first-order valence-electron chi connectivity index (χ1n) is 8.81. The van der Waals surface area contributed by atoms with E-state index < -0.39 is 0 Å². The lowest BCUT2D eigenvalue weighted by atomic mass is 10.1. The van der Waals surface area contributed by atoms with Gasteiger partial charge in [-0.25, -0.2) is 19.3 Å². The first-order valence-corrected chi connectivity index (χ1v) is 9.69. The number of anilines is 2. The van der Waals surface area contributed by atoms with Crippen LogP contribution in [0.2, 0.25) is 0 Å². The summed E-state index contributed by atoms with van der Waals surface area (Å²) >= 11 is 1.53. The van der Waals surface area contributed by atoms with E-state index in [9.17, 15) is 4.39 Å². The number of oxazole rings is 1. The van der Waals surface area contributed by atoms with Crippen LogP contribution in [0, 0.1) is 12.7 Å². The number of fused-ring (bicyclic) bond motifs is 1. The van der Waals surface area contributed by atoms with Crippen LogP contribution < -0.4 is 4.90 Å².